The minimum absolute atomic E-state index is 0.114. The summed E-state index contributed by atoms with van der Waals surface area (Å²) in [4.78, 5) is 28.4. The number of hydrogen-bond donors (Lipinski definition) is 1. The molecule has 41 heavy (non-hydrogen) atoms. The fourth-order valence-electron chi connectivity index (χ4n) is 6.13. The molecule has 0 aliphatic carbocycles. The maximum Gasteiger partial charge on any atom is 0.337 e. The number of nitrogens with zero attached hydrogens (tertiary/aromatic N) is 1. The quantitative estimate of drug-likeness (QED) is 0.361. The number of anilines is 1. The number of ether oxygens (including phenoxy) is 3. The molecule has 1 amide bonds. The average Bonchev–Trinajstić information content (AvgIpc) is 3.34. The van der Waals surface area contributed by atoms with Crippen molar-refractivity contribution in [1.29, 1.82) is 0 Å². The van der Waals surface area contributed by atoms with Crippen LogP contribution in [0, 0.1) is 20.8 Å². The minimum Gasteiger partial charge on any atom is -0.496 e. The number of fused-ring (bicyclic) bond motifs is 2. The first-order valence-corrected chi connectivity index (χ1v) is 14.2. The van der Waals surface area contributed by atoms with Crippen LogP contribution in [-0.4, -0.2) is 42.8 Å². The van der Waals surface area contributed by atoms with Gasteiger partial charge in [0.2, 0.25) is 0 Å². The van der Waals surface area contributed by atoms with Crippen LogP contribution in [-0.2, 0) is 22.4 Å². The topological polar surface area (TPSA) is 85.3 Å². The van der Waals surface area contributed by atoms with Crippen molar-refractivity contribution in [3.63, 3.8) is 0 Å². The molecule has 2 aliphatic heterocycles. The van der Waals surface area contributed by atoms with E-state index in [0.717, 1.165) is 63.2 Å². The van der Waals surface area contributed by atoms with Crippen LogP contribution in [0.3, 0.4) is 0 Å². The van der Waals surface area contributed by atoms with E-state index in [4.69, 9.17) is 14.2 Å². The van der Waals surface area contributed by atoms with E-state index in [1.807, 2.05) is 65.0 Å². The molecule has 2 aliphatic rings. The molecule has 0 saturated carbocycles. The van der Waals surface area contributed by atoms with Gasteiger partial charge in [-0.3, -0.25) is 4.79 Å². The zero-order valence-corrected chi connectivity index (χ0v) is 25.0. The molecule has 1 atom stereocenters. The molecule has 7 heteroatoms. The highest BCUT2D eigenvalue weighted by Crippen LogP contribution is 2.47. The van der Waals surface area contributed by atoms with Gasteiger partial charge in [0.15, 0.2) is 6.10 Å². The maximum absolute atomic E-state index is 13.9. The van der Waals surface area contributed by atoms with Crippen molar-refractivity contribution in [2.45, 2.75) is 72.5 Å². The summed E-state index contributed by atoms with van der Waals surface area (Å²) in [5.74, 6) is 0.393. The number of methoxy groups -OCH3 is 1. The largest absolute Gasteiger partial charge is 0.496 e. The first-order chi connectivity index (χ1) is 19.4. The third kappa shape index (κ3) is 5.31. The number of carboxylic acid groups (broad SMARTS) is 1. The van der Waals surface area contributed by atoms with E-state index < -0.39 is 17.7 Å². The van der Waals surface area contributed by atoms with Gasteiger partial charge >= 0.3 is 5.97 Å². The van der Waals surface area contributed by atoms with Crippen molar-refractivity contribution >= 4 is 17.6 Å². The predicted octanol–water partition coefficient (Wildman–Crippen LogP) is 6.76. The summed E-state index contributed by atoms with van der Waals surface area (Å²) in [6, 6.07) is 11.5. The second-order valence-corrected chi connectivity index (χ2v) is 12.0. The van der Waals surface area contributed by atoms with Gasteiger partial charge in [-0.2, -0.15) is 0 Å². The number of carboxylic acids is 1. The summed E-state index contributed by atoms with van der Waals surface area (Å²) < 4.78 is 17.6. The molecule has 0 unspecified atom stereocenters. The van der Waals surface area contributed by atoms with Crippen LogP contribution in [0.2, 0.25) is 0 Å². The van der Waals surface area contributed by atoms with Crippen molar-refractivity contribution in [1.82, 2.24) is 0 Å². The molecule has 0 aromatic heterocycles. The SMILES string of the molecule is COc1cc(C(=O)N2CCc3c2cc(C)c([C@H](OC(C)(C)C)C(=O)O)c3-c2ccc3c(c2C)CCCO3)ccc1C. The third-order valence-corrected chi connectivity index (χ3v) is 8.05. The van der Waals surface area contributed by atoms with E-state index in [9.17, 15) is 14.7 Å². The van der Waals surface area contributed by atoms with Gasteiger partial charge in [-0.15, -0.1) is 0 Å². The molecule has 0 spiro atoms. The Morgan fingerprint density at radius 1 is 1.00 bits per heavy atom. The number of aryl methyl sites for hydroxylation is 2. The van der Waals surface area contributed by atoms with E-state index in [1.54, 1.807) is 18.1 Å². The number of carbonyl (C=O) groups excluding carboxylic acids is 1. The van der Waals surface area contributed by atoms with Gasteiger partial charge in [-0.05, 0) is 124 Å². The predicted molar refractivity (Wildman–Crippen MR) is 159 cm³/mol. The van der Waals surface area contributed by atoms with E-state index in [2.05, 4.69) is 6.92 Å². The summed E-state index contributed by atoms with van der Waals surface area (Å²) in [6.07, 6.45) is 1.26. The number of rotatable bonds is 6. The van der Waals surface area contributed by atoms with E-state index in [-0.39, 0.29) is 5.91 Å². The Bertz CT molecular complexity index is 1530. The van der Waals surface area contributed by atoms with Crippen LogP contribution in [0.5, 0.6) is 11.5 Å². The lowest BCUT2D eigenvalue weighted by molar-refractivity contribution is -0.160. The number of carbonyl (C=O) groups is 2. The Morgan fingerprint density at radius 3 is 2.44 bits per heavy atom. The standard InChI is InChI=1S/C34H39NO6/c1-19-10-11-22(18-28(19)39-7)32(36)35-15-14-25-26(35)17-20(2)29(31(33(37)38)41-34(4,5)6)30(25)24-12-13-27-23(21(24)3)9-8-16-40-27/h10-13,17-18,31H,8-9,14-16H2,1-7H3,(H,37,38)/t31-/m0/s1. The molecule has 0 radical (unpaired) electrons. The summed E-state index contributed by atoms with van der Waals surface area (Å²) >= 11 is 0. The molecule has 3 aromatic carbocycles. The molecule has 0 fully saturated rings. The van der Waals surface area contributed by atoms with Crippen LogP contribution >= 0.6 is 0 Å². The summed E-state index contributed by atoms with van der Waals surface area (Å²) in [7, 11) is 1.60. The molecule has 0 bridgehead atoms. The van der Waals surface area contributed by atoms with Crippen molar-refractivity contribution in [3.8, 4) is 22.6 Å². The second kappa shape index (κ2) is 10.9. The normalized spacial score (nSPS) is 15.1. The smallest absolute Gasteiger partial charge is 0.337 e. The minimum atomic E-state index is -1.17. The van der Waals surface area contributed by atoms with Gasteiger partial charge in [0.1, 0.15) is 11.5 Å². The van der Waals surface area contributed by atoms with E-state index in [1.165, 1.54) is 0 Å². The van der Waals surface area contributed by atoms with E-state index >= 15 is 0 Å². The van der Waals surface area contributed by atoms with Crippen LogP contribution in [0.25, 0.3) is 11.1 Å². The summed E-state index contributed by atoms with van der Waals surface area (Å²) in [6.45, 7) is 12.7. The number of hydrogen-bond acceptors (Lipinski definition) is 5. The van der Waals surface area contributed by atoms with Gasteiger partial charge in [0.25, 0.3) is 5.91 Å². The highest BCUT2D eigenvalue weighted by molar-refractivity contribution is 6.08. The Hall–Kier alpha value is -3.84. The lowest BCUT2D eigenvalue weighted by atomic mass is 9.83. The Kier molecular flexibility index (Phi) is 7.60. The zero-order valence-electron chi connectivity index (χ0n) is 25.0. The Balaban J connectivity index is 1.73. The lowest BCUT2D eigenvalue weighted by Gasteiger charge is -2.30. The Morgan fingerprint density at radius 2 is 1.76 bits per heavy atom. The molecule has 216 valence electrons. The van der Waals surface area contributed by atoms with Crippen molar-refractivity contribution < 1.29 is 28.9 Å². The monoisotopic (exact) mass is 557 g/mol. The van der Waals surface area contributed by atoms with Crippen molar-refractivity contribution in [2.24, 2.45) is 0 Å². The van der Waals surface area contributed by atoms with Gasteiger partial charge < -0.3 is 24.2 Å². The van der Waals surface area contributed by atoms with Gasteiger partial charge in [0.05, 0.1) is 19.3 Å². The number of amides is 1. The lowest BCUT2D eigenvalue weighted by Crippen LogP contribution is -2.29. The number of aliphatic carboxylic acids is 1. The summed E-state index contributed by atoms with van der Waals surface area (Å²) in [5, 5.41) is 10.4. The highest BCUT2D eigenvalue weighted by atomic mass is 16.5. The maximum atomic E-state index is 13.9. The van der Waals surface area contributed by atoms with Crippen LogP contribution in [0.1, 0.15) is 77.0 Å². The summed E-state index contributed by atoms with van der Waals surface area (Å²) in [5.41, 5.74) is 8.02. The molecule has 7 nitrogen and oxygen atoms in total. The fraction of sp³-hybridized carbons (Fsp3) is 0.412. The van der Waals surface area contributed by atoms with Crippen molar-refractivity contribution in [3.05, 3.63) is 75.3 Å². The molecule has 5 rings (SSSR count). The van der Waals surface area contributed by atoms with Gasteiger partial charge in [-0.25, -0.2) is 4.79 Å². The molecule has 2 heterocycles. The van der Waals surface area contributed by atoms with Gasteiger partial charge in [-0.1, -0.05) is 12.1 Å². The second-order valence-electron chi connectivity index (χ2n) is 12.0. The van der Waals surface area contributed by atoms with Crippen LogP contribution in [0.4, 0.5) is 5.69 Å². The first kappa shape index (κ1) is 28.7. The number of benzene rings is 3. The zero-order chi connectivity index (χ0) is 29.6. The molecule has 0 saturated heterocycles. The molecular formula is C34H39NO6. The van der Waals surface area contributed by atoms with Crippen LogP contribution < -0.4 is 14.4 Å². The molecule has 3 aromatic rings. The first-order valence-electron chi connectivity index (χ1n) is 14.2. The third-order valence-electron chi connectivity index (χ3n) is 8.05. The van der Waals surface area contributed by atoms with E-state index in [0.29, 0.717) is 36.4 Å². The van der Waals surface area contributed by atoms with Crippen molar-refractivity contribution in [2.75, 3.05) is 25.2 Å². The average molecular weight is 558 g/mol. The van der Waals surface area contributed by atoms with Crippen LogP contribution in [0.15, 0.2) is 36.4 Å². The fourth-order valence-corrected chi connectivity index (χ4v) is 6.13. The molecular weight excluding hydrogens is 518 g/mol. The Labute approximate surface area is 242 Å². The molecule has 1 N–H and O–H groups in total. The van der Waals surface area contributed by atoms with Gasteiger partial charge in [0, 0.05) is 23.4 Å². The highest BCUT2D eigenvalue weighted by Gasteiger charge is 2.37.